The van der Waals surface area contributed by atoms with E-state index >= 15 is 0 Å². The van der Waals surface area contributed by atoms with Crippen molar-refractivity contribution in [2.24, 2.45) is 0 Å². The lowest BCUT2D eigenvalue weighted by atomic mass is 10.0. The summed E-state index contributed by atoms with van der Waals surface area (Å²) >= 11 is 0. The molecule has 3 N–H and O–H groups in total. The molecule has 0 saturated heterocycles. The standard InChI is InChI=1S/C16H15N5O2/c22-15(20-23)10-7-17-16(18-8-10)21-6-5-12-11-3-1-2-4-13(11)19-14(12)9-21/h1-4,7-8,19,23H,5-6,9H2,(H,20,22). The number of fused-ring (bicyclic) bond motifs is 3. The molecule has 3 aromatic rings. The number of hydrogen-bond acceptors (Lipinski definition) is 5. The highest BCUT2D eigenvalue weighted by molar-refractivity contribution is 5.92. The number of rotatable bonds is 2. The Balaban J connectivity index is 1.61. The molecule has 116 valence electrons. The van der Waals surface area contributed by atoms with Crippen LogP contribution in [0.4, 0.5) is 5.95 Å². The number of nitrogens with one attached hydrogen (secondary N) is 2. The molecule has 1 amide bonds. The molecular formula is C16H15N5O2. The maximum atomic E-state index is 11.3. The molecule has 0 aliphatic carbocycles. The van der Waals surface area contributed by atoms with E-state index in [-0.39, 0.29) is 5.56 Å². The summed E-state index contributed by atoms with van der Waals surface area (Å²) in [4.78, 5) is 25.3. The Bertz CT molecular complexity index is 872. The first-order valence-electron chi connectivity index (χ1n) is 7.36. The molecule has 0 fully saturated rings. The van der Waals surface area contributed by atoms with E-state index in [0.717, 1.165) is 18.5 Å². The van der Waals surface area contributed by atoms with Gasteiger partial charge in [0, 0.05) is 35.5 Å². The van der Waals surface area contributed by atoms with E-state index in [0.29, 0.717) is 12.5 Å². The number of carbonyl (C=O) groups excluding carboxylic acids is 1. The van der Waals surface area contributed by atoms with Gasteiger partial charge in [0.05, 0.1) is 12.1 Å². The van der Waals surface area contributed by atoms with Crippen LogP contribution < -0.4 is 10.4 Å². The molecule has 23 heavy (non-hydrogen) atoms. The summed E-state index contributed by atoms with van der Waals surface area (Å²) in [5, 5.41) is 9.89. The fourth-order valence-corrected chi connectivity index (χ4v) is 3.03. The number of aromatic nitrogens is 3. The smallest absolute Gasteiger partial charge is 0.277 e. The lowest BCUT2D eigenvalue weighted by molar-refractivity contribution is 0.0705. The Morgan fingerprint density at radius 2 is 2.04 bits per heavy atom. The summed E-state index contributed by atoms with van der Waals surface area (Å²) < 4.78 is 0. The van der Waals surface area contributed by atoms with Gasteiger partial charge >= 0.3 is 0 Å². The SMILES string of the molecule is O=C(NO)c1cnc(N2CCc3c([nH]c4ccccc34)C2)nc1. The minimum atomic E-state index is -0.618. The predicted molar refractivity (Wildman–Crippen MR) is 84.3 cm³/mol. The molecule has 0 radical (unpaired) electrons. The lowest BCUT2D eigenvalue weighted by Gasteiger charge is -2.27. The summed E-state index contributed by atoms with van der Waals surface area (Å²) in [5.74, 6) is -0.0445. The van der Waals surface area contributed by atoms with E-state index < -0.39 is 5.91 Å². The fourth-order valence-electron chi connectivity index (χ4n) is 3.03. The molecule has 0 atom stereocenters. The highest BCUT2D eigenvalue weighted by Gasteiger charge is 2.22. The molecule has 0 unspecified atom stereocenters. The maximum Gasteiger partial charge on any atom is 0.277 e. The number of hydroxylamine groups is 1. The lowest BCUT2D eigenvalue weighted by Crippen LogP contribution is -2.31. The highest BCUT2D eigenvalue weighted by Crippen LogP contribution is 2.28. The first-order valence-corrected chi connectivity index (χ1v) is 7.36. The maximum absolute atomic E-state index is 11.3. The van der Waals surface area contributed by atoms with Gasteiger partial charge in [0.1, 0.15) is 0 Å². The molecule has 0 saturated carbocycles. The summed E-state index contributed by atoms with van der Waals surface area (Å²) in [6.07, 6.45) is 3.74. The van der Waals surface area contributed by atoms with Crippen LogP contribution in [0.1, 0.15) is 21.6 Å². The van der Waals surface area contributed by atoms with Gasteiger partial charge in [-0.2, -0.15) is 0 Å². The van der Waals surface area contributed by atoms with Crippen molar-refractivity contribution in [2.45, 2.75) is 13.0 Å². The third kappa shape index (κ3) is 2.31. The molecule has 0 spiro atoms. The topological polar surface area (TPSA) is 94.1 Å². The van der Waals surface area contributed by atoms with Gasteiger partial charge in [0.15, 0.2) is 0 Å². The van der Waals surface area contributed by atoms with E-state index in [1.807, 2.05) is 6.07 Å². The van der Waals surface area contributed by atoms with Crippen LogP contribution >= 0.6 is 0 Å². The van der Waals surface area contributed by atoms with E-state index in [4.69, 9.17) is 5.21 Å². The van der Waals surface area contributed by atoms with Gasteiger partial charge < -0.3 is 9.88 Å². The Morgan fingerprint density at radius 3 is 2.83 bits per heavy atom. The second kappa shape index (κ2) is 5.36. The van der Waals surface area contributed by atoms with Crippen LogP contribution in [0.5, 0.6) is 0 Å². The van der Waals surface area contributed by atoms with Crippen molar-refractivity contribution in [3.63, 3.8) is 0 Å². The van der Waals surface area contributed by atoms with Crippen LogP contribution in [0.3, 0.4) is 0 Å². The van der Waals surface area contributed by atoms with Crippen LogP contribution in [-0.4, -0.2) is 32.6 Å². The molecule has 2 aromatic heterocycles. The zero-order valence-corrected chi connectivity index (χ0v) is 12.3. The van der Waals surface area contributed by atoms with Crippen molar-refractivity contribution in [2.75, 3.05) is 11.4 Å². The van der Waals surface area contributed by atoms with Crippen molar-refractivity contribution >= 4 is 22.8 Å². The average molecular weight is 309 g/mol. The van der Waals surface area contributed by atoms with Crippen molar-refractivity contribution in [3.8, 4) is 0 Å². The molecule has 7 nitrogen and oxygen atoms in total. The van der Waals surface area contributed by atoms with Gasteiger partial charge in [0.25, 0.3) is 5.91 Å². The number of benzene rings is 1. The van der Waals surface area contributed by atoms with Crippen LogP contribution in [0, 0.1) is 0 Å². The van der Waals surface area contributed by atoms with Crippen molar-refractivity contribution in [1.82, 2.24) is 20.4 Å². The fraction of sp³-hybridized carbons (Fsp3) is 0.188. The first-order chi connectivity index (χ1) is 11.3. The molecule has 0 bridgehead atoms. The second-order valence-electron chi connectivity index (χ2n) is 5.51. The Morgan fingerprint density at radius 1 is 1.26 bits per heavy atom. The number of nitrogens with zero attached hydrogens (tertiary/aromatic N) is 3. The normalized spacial score (nSPS) is 13.9. The number of carbonyl (C=O) groups is 1. The number of para-hydroxylation sites is 1. The summed E-state index contributed by atoms with van der Waals surface area (Å²) in [6.45, 7) is 1.52. The molecule has 1 aliphatic heterocycles. The summed E-state index contributed by atoms with van der Waals surface area (Å²) in [6, 6.07) is 8.29. The molecule has 1 aliphatic rings. The van der Waals surface area contributed by atoms with Crippen molar-refractivity contribution < 1.29 is 10.0 Å². The third-order valence-corrected chi connectivity index (χ3v) is 4.17. The van der Waals surface area contributed by atoms with Gasteiger partial charge in [-0.25, -0.2) is 15.4 Å². The monoisotopic (exact) mass is 309 g/mol. The van der Waals surface area contributed by atoms with Crippen LogP contribution in [0.25, 0.3) is 10.9 Å². The molecule has 3 heterocycles. The zero-order chi connectivity index (χ0) is 15.8. The van der Waals surface area contributed by atoms with Crippen molar-refractivity contribution in [1.29, 1.82) is 0 Å². The van der Waals surface area contributed by atoms with Gasteiger partial charge in [-0.1, -0.05) is 18.2 Å². The number of anilines is 1. The van der Waals surface area contributed by atoms with Gasteiger partial charge in [-0.05, 0) is 18.1 Å². The van der Waals surface area contributed by atoms with Gasteiger partial charge in [-0.3, -0.25) is 10.0 Å². The van der Waals surface area contributed by atoms with E-state index in [1.54, 1.807) is 5.48 Å². The predicted octanol–water partition coefficient (Wildman–Crippen LogP) is 1.64. The quantitative estimate of drug-likeness (QED) is 0.494. The number of amides is 1. The molecular weight excluding hydrogens is 294 g/mol. The van der Waals surface area contributed by atoms with Gasteiger partial charge in [-0.15, -0.1) is 0 Å². The van der Waals surface area contributed by atoms with Crippen LogP contribution in [0.15, 0.2) is 36.7 Å². The van der Waals surface area contributed by atoms with Crippen molar-refractivity contribution in [3.05, 3.63) is 53.5 Å². The van der Waals surface area contributed by atoms with E-state index in [1.165, 1.54) is 29.0 Å². The minimum Gasteiger partial charge on any atom is -0.357 e. The Hall–Kier alpha value is -2.93. The Labute approximate surface area is 131 Å². The number of H-pyrrole nitrogens is 1. The summed E-state index contributed by atoms with van der Waals surface area (Å²) in [7, 11) is 0. The largest absolute Gasteiger partial charge is 0.357 e. The third-order valence-electron chi connectivity index (χ3n) is 4.17. The first kappa shape index (κ1) is 13.7. The second-order valence-corrected chi connectivity index (χ2v) is 5.51. The number of aromatic amines is 1. The van der Waals surface area contributed by atoms with E-state index in [2.05, 4.69) is 38.1 Å². The summed E-state index contributed by atoms with van der Waals surface area (Å²) in [5.41, 5.74) is 5.47. The highest BCUT2D eigenvalue weighted by atomic mass is 16.5. The molecule has 1 aromatic carbocycles. The molecule has 7 heteroatoms. The Kier molecular flexibility index (Phi) is 3.20. The molecule has 4 rings (SSSR count). The zero-order valence-electron chi connectivity index (χ0n) is 12.3. The number of hydrogen-bond donors (Lipinski definition) is 3. The van der Waals surface area contributed by atoms with Crippen LogP contribution in [-0.2, 0) is 13.0 Å². The van der Waals surface area contributed by atoms with E-state index in [9.17, 15) is 4.79 Å². The average Bonchev–Trinajstić information content (AvgIpc) is 2.99. The van der Waals surface area contributed by atoms with Crippen LogP contribution in [0.2, 0.25) is 0 Å². The minimum absolute atomic E-state index is 0.222. The van der Waals surface area contributed by atoms with Gasteiger partial charge in [0.2, 0.25) is 5.95 Å².